The Labute approximate surface area is 134 Å². The van der Waals surface area contributed by atoms with Crippen LogP contribution in [0, 0.1) is 0 Å². The van der Waals surface area contributed by atoms with Crippen LogP contribution in [0.15, 0.2) is 12.7 Å². The average Bonchev–Trinajstić information content (AvgIpc) is 3.03. The van der Waals surface area contributed by atoms with Crippen molar-refractivity contribution in [1.29, 1.82) is 0 Å². The molecule has 1 aliphatic heterocycles. The highest BCUT2D eigenvalue weighted by Crippen LogP contribution is 2.43. The molecule has 14 heteroatoms. The van der Waals surface area contributed by atoms with Gasteiger partial charge in [0.15, 0.2) is 23.4 Å². The summed E-state index contributed by atoms with van der Waals surface area (Å²) < 4.78 is 6.68. The topological polar surface area (TPSA) is 259 Å². The molecule has 0 aromatic carbocycles. The molecule has 14 N–H and O–H groups in total. The number of hydrogen-bond acceptors (Lipinski definition) is 13. The molecule has 2 aromatic rings. The van der Waals surface area contributed by atoms with Crippen LogP contribution in [0.2, 0.25) is 0 Å². The van der Waals surface area contributed by atoms with E-state index in [1.54, 1.807) is 0 Å². The third-order valence-corrected chi connectivity index (χ3v) is 4.06. The molecule has 1 aliphatic rings. The van der Waals surface area contributed by atoms with E-state index in [1.807, 2.05) is 0 Å². The highest BCUT2D eigenvalue weighted by molar-refractivity contribution is 5.81. The highest BCUT2D eigenvalue weighted by Gasteiger charge is 2.70. The molecule has 0 aliphatic carbocycles. The van der Waals surface area contributed by atoms with Crippen LogP contribution < -0.4 is 34.6 Å². The van der Waals surface area contributed by atoms with Gasteiger partial charge >= 0.3 is 0 Å². The Bertz CT molecular complexity index is 778. The van der Waals surface area contributed by atoms with Gasteiger partial charge in [-0.3, -0.25) is 32.3 Å². The number of ether oxygens (including phenoxy) is 1. The third-order valence-electron chi connectivity index (χ3n) is 4.06. The second-order valence-corrected chi connectivity index (χ2v) is 5.51. The van der Waals surface area contributed by atoms with Crippen LogP contribution >= 0.6 is 0 Å². The van der Waals surface area contributed by atoms with E-state index in [4.69, 9.17) is 39.3 Å². The molecule has 0 bridgehead atoms. The SMILES string of the molecule is NOC(N)(N)[C@@]1(N)O[C@@H](n2cnc3c(N)ncnc32)[C@H](O)[C@]1(N)O. The molecule has 0 saturated carbocycles. The number of aromatic nitrogens is 4. The van der Waals surface area contributed by atoms with E-state index in [1.165, 1.54) is 17.2 Å². The summed E-state index contributed by atoms with van der Waals surface area (Å²) in [6, 6.07) is 0. The van der Waals surface area contributed by atoms with E-state index >= 15 is 0 Å². The third kappa shape index (κ3) is 1.94. The highest BCUT2D eigenvalue weighted by atomic mass is 16.7. The lowest BCUT2D eigenvalue weighted by atomic mass is 9.93. The van der Waals surface area contributed by atoms with Gasteiger partial charge < -0.3 is 20.7 Å². The first kappa shape index (κ1) is 16.8. The van der Waals surface area contributed by atoms with Crippen molar-refractivity contribution in [2.24, 2.45) is 28.8 Å². The molecule has 0 radical (unpaired) electrons. The van der Waals surface area contributed by atoms with Gasteiger partial charge in [0.2, 0.25) is 11.6 Å². The minimum atomic E-state index is -2.63. The number of fused-ring (bicyclic) bond motifs is 1. The number of nitrogen functional groups attached to an aromatic ring is 1. The van der Waals surface area contributed by atoms with E-state index < -0.39 is 29.6 Å². The maximum absolute atomic E-state index is 10.4. The summed E-state index contributed by atoms with van der Waals surface area (Å²) in [5.41, 5.74) is 23.8. The summed E-state index contributed by atoms with van der Waals surface area (Å²) >= 11 is 0. The van der Waals surface area contributed by atoms with Crippen molar-refractivity contribution in [3.63, 3.8) is 0 Å². The zero-order valence-electron chi connectivity index (χ0n) is 12.3. The number of nitrogens with zero attached hydrogens (tertiary/aromatic N) is 4. The standard InChI is InChI=1S/C10H18N10O4/c11-5-3-6(18-1-17-5)20(2-19-3)7-4(21)8(12,22)9(13,23-7)10(14,15)24-16/h1-2,4,7,21-22H,12-16H2,(H2,11,17,18)/t4-,7+,8-,9-/m0/s1. The average molecular weight is 342 g/mol. The molecule has 132 valence electrons. The van der Waals surface area contributed by atoms with Crippen molar-refractivity contribution in [2.75, 3.05) is 5.73 Å². The lowest BCUT2D eigenvalue weighted by Crippen LogP contribution is -2.84. The van der Waals surface area contributed by atoms with E-state index in [0.717, 1.165) is 0 Å². The molecule has 1 saturated heterocycles. The first-order chi connectivity index (χ1) is 11.1. The quantitative estimate of drug-likeness (QED) is 0.192. The summed E-state index contributed by atoms with van der Waals surface area (Å²) in [6.07, 6.45) is -0.743. The lowest BCUT2D eigenvalue weighted by molar-refractivity contribution is -0.256. The van der Waals surface area contributed by atoms with Crippen LogP contribution in [0.3, 0.4) is 0 Å². The smallest absolute Gasteiger partial charge is 0.236 e. The predicted octanol–water partition coefficient (Wildman–Crippen LogP) is -4.94. The number of anilines is 1. The zero-order valence-corrected chi connectivity index (χ0v) is 12.3. The molecule has 4 atom stereocenters. The van der Waals surface area contributed by atoms with E-state index in [2.05, 4.69) is 19.8 Å². The van der Waals surface area contributed by atoms with Crippen molar-refractivity contribution in [1.82, 2.24) is 19.5 Å². The Morgan fingerprint density at radius 3 is 2.58 bits per heavy atom. The molecule has 14 nitrogen and oxygen atoms in total. The van der Waals surface area contributed by atoms with Crippen molar-refractivity contribution in [3.8, 4) is 0 Å². The first-order valence-electron chi connectivity index (χ1n) is 6.61. The number of hydrogen-bond donors (Lipinski definition) is 8. The van der Waals surface area contributed by atoms with E-state index in [-0.39, 0.29) is 17.0 Å². The molecule has 1 fully saturated rings. The molecule has 3 rings (SSSR count). The van der Waals surface area contributed by atoms with Crippen LogP contribution in [0.4, 0.5) is 5.82 Å². The van der Waals surface area contributed by atoms with E-state index in [9.17, 15) is 10.2 Å². The maximum atomic E-state index is 10.4. The van der Waals surface area contributed by atoms with Crippen LogP contribution in [-0.4, -0.2) is 53.1 Å². The first-order valence-corrected chi connectivity index (χ1v) is 6.61. The second kappa shape index (κ2) is 4.99. The Hall–Kier alpha value is -2.01. The maximum Gasteiger partial charge on any atom is 0.236 e. The summed E-state index contributed by atoms with van der Waals surface area (Å²) in [5, 5.41) is 20.8. The van der Waals surface area contributed by atoms with Crippen molar-refractivity contribution < 1.29 is 19.8 Å². The summed E-state index contributed by atoms with van der Waals surface area (Å²) in [4.78, 5) is 16.2. The van der Waals surface area contributed by atoms with E-state index in [0.29, 0.717) is 0 Å². The molecular weight excluding hydrogens is 324 g/mol. The summed E-state index contributed by atoms with van der Waals surface area (Å²) in [5.74, 6) is 2.67. The summed E-state index contributed by atoms with van der Waals surface area (Å²) in [6.45, 7) is 0. The Morgan fingerprint density at radius 2 is 1.96 bits per heavy atom. The zero-order chi connectivity index (χ0) is 17.9. The Morgan fingerprint density at radius 1 is 1.29 bits per heavy atom. The fourth-order valence-electron chi connectivity index (χ4n) is 2.54. The van der Waals surface area contributed by atoms with Gasteiger partial charge in [0.1, 0.15) is 17.9 Å². The minimum absolute atomic E-state index is 0.102. The van der Waals surface area contributed by atoms with Crippen LogP contribution in [-0.2, 0) is 9.57 Å². The van der Waals surface area contributed by atoms with Crippen molar-refractivity contribution >= 4 is 17.0 Å². The predicted molar refractivity (Wildman–Crippen MR) is 78.3 cm³/mol. The number of aliphatic hydroxyl groups excluding tert-OH is 1. The fourth-order valence-corrected chi connectivity index (χ4v) is 2.54. The van der Waals surface area contributed by atoms with Gasteiger partial charge in [-0.1, -0.05) is 0 Å². The Balaban J connectivity index is 2.12. The molecule has 24 heavy (non-hydrogen) atoms. The lowest BCUT2D eigenvalue weighted by Gasteiger charge is -2.43. The van der Waals surface area contributed by atoms with Crippen LogP contribution in [0.25, 0.3) is 11.2 Å². The normalized spacial score (nSPS) is 34.1. The number of imidazole rings is 1. The van der Waals surface area contributed by atoms with Gasteiger partial charge in [0.25, 0.3) is 0 Å². The molecule has 0 unspecified atom stereocenters. The number of rotatable bonds is 3. The molecule has 0 amide bonds. The van der Waals surface area contributed by atoms with Gasteiger partial charge in [0, 0.05) is 0 Å². The van der Waals surface area contributed by atoms with Gasteiger partial charge in [-0.2, -0.15) is 0 Å². The molecule has 0 spiro atoms. The largest absolute Gasteiger partial charge is 0.384 e. The van der Waals surface area contributed by atoms with Crippen molar-refractivity contribution in [3.05, 3.63) is 12.7 Å². The van der Waals surface area contributed by atoms with Gasteiger partial charge in [0.05, 0.1) is 6.33 Å². The van der Waals surface area contributed by atoms with Crippen LogP contribution in [0.5, 0.6) is 0 Å². The van der Waals surface area contributed by atoms with Crippen molar-refractivity contribution in [2.45, 2.75) is 29.6 Å². The number of aliphatic hydroxyl groups is 2. The fraction of sp³-hybridized carbons (Fsp3) is 0.500. The Kier molecular flexibility index (Phi) is 3.50. The molecule has 2 aromatic heterocycles. The van der Waals surface area contributed by atoms with Gasteiger partial charge in [-0.15, -0.1) is 0 Å². The second-order valence-electron chi connectivity index (χ2n) is 5.51. The minimum Gasteiger partial charge on any atom is -0.384 e. The van der Waals surface area contributed by atoms with Crippen LogP contribution in [0.1, 0.15) is 6.23 Å². The molecular formula is C10H18N10O4. The summed E-state index contributed by atoms with van der Waals surface area (Å²) in [7, 11) is 0. The number of nitrogens with two attached hydrogens (primary N) is 6. The van der Waals surface area contributed by atoms with Gasteiger partial charge in [-0.25, -0.2) is 20.8 Å². The monoisotopic (exact) mass is 342 g/mol. The molecule has 3 heterocycles. The van der Waals surface area contributed by atoms with Gasteiger partial charge in [-0.05, 0) is 0 Å².